The first kappa shape index (κ1) is 20.9. The molecular weight excluding hydrogens is 467 g/mol. The molecule has 2 heterocycles. The van der Waals surface area contributed by atoms with E-state index < -0.39 is 9.84 Å². The number of benzene rings is 2. The highest BCUT2D eigenvalue weighted by molar-refractivity contribution is 7.90. The third-order valence-corrected chi connectivity index (χ3v) is 7.01. The number of nitrogens with zero attached hydrogens (tertiary/aromatic N) is 2. The number of halogens is 2. The van der Waals surface area contributed by atoms with Crippen LogP contribution in [-0.2, 0) is 16.4 Å². The number of carbonyl (C=O) groups is 1. The molecule has 4 aromatic rings. The normalized spacial score (nSPS) is 11.7. The van der Waals surface area contributed by atoms with Gasteiger partial charge in [0.05, 0.1) is 38.5 Å². The van der Waals surface area contributed by atoms with Gasteiger partial charge in [0.25, 0.3) is 5.91 Å². The molecule has 6 nitrogen and oxygen atoms in total. The van der Waals surface area contributed by atoms with E-state index in [1.807, 2.05) is 0 Å². The Bertz CT molecular complexity index is 1350. The molecule has 0 aliphatic heterocycles. The van der Waals surface area contributed by atoms with Crippen LogP contribution in [0.25, 0.3) is 10.2 Å². The van der Waals surface area contributed by atoms with Crippen LogP contribution in [0.2, 0.25) is 10.0 Å². The van der Waals surface area contributed by atoms with Gasteiger partial charge in [0.2, 0.25) is 0 Å². The van der Waals surface area contributed by atoms with Crippen LogP contribution in [0, 0.1) is 0 Å². The molecule has 2 aromatic carbocycles. The summed E-state index contributed by atoms with van der Waals surface area (Å²) in [6, 6.07) is 12.8. The number of hydrogen-bond donors (Lipinski definition) is 0. The molecule has 10 heteroatoms. The molecule has 0 atom stereocenters. The van der Waals surface area contributed by atoms with Crippen molar-refractivity contribution in [3.8, 4) is 0 Å². The average Bonchev–Trinajstić information content (AvgIpc) is 3.33. The van der Waals surface area contributed by atoms with Crippen molar-refractivity contribution in [1.29, 1.82) is 0 Å². The maximum atomic E-state index is 13.3. The Kier molecular flexibility index (Phi) is 5.59. The summed E-state index contributed by atoms with van der Waals surface area (Å²) < 4.78 is 29.8. The molecule has 0 fully saturated rings. The fourth-order valence-corrected chi connectivity index (χ4v) is 5.05. The van der Waals surface area contributed by atoms with Gasteiger partial charge in [-0.25, -0.2) is 13.4 Å². The second-order valence-corrected chi connectivity index (χ2v) is 10.4. The molecule has 0 saturated carbocycles. The van der Waals surface area contributed by atoms with E-state index in [0.29, 0.717) is 26.1 Å². The summed E-state index contributed by atoms with van der Waals surface area (Å²) in [6.45, 7) is 0.129. The largest absolute Gasteiger partial charge is 0.467 e. The van der Waals surface area contributed by atoms with E-state index >= 15 is 0 Å². The van der Waals surface area contributed by atoms with E-state index in [1.54, 1.807) is 36.4 Å². The van der Waals surface area contributed by atoms with Gasteiger partial charge in [-0.05, 0) is 48.5 Å². The Hall–Kier alpha value is -2.39. The lowest BCUT2D eigenvalue weighted by atomic mass is 10.2. The van der Waals surface area contributed by atoms with Gasteiger partial charge in [0.1, 0.15) is 5.76 Å². The van der Waals surface area contributed by atoms with Gasteiger partial charge in [-0.15, -0.1) is 0 Å². The Labute approximate surface area is 186 Å². The van der Waals surface area contributed by atoms with Crippen molar-refractivity contribution in [2.75, 3.05) is 11.2 Å². The molecular formula is C20H14Cl2N2O4S2. The van der Waals surface area contributed by atoms with Gasteiger partial charge in [-0.1, -0.05) is 34.5 Å². The Balaban J connectivity index is 1.80. The molecule has 0 N–H and O–H groups in total. The van der Waals surface area contributed by atoms with Gasteiger partial charge < -0.3 is 4.42 Å². The fraction of sp³-hybridized carbons (Fsp3) is 0.100. The van der Waals surface area contributed by atoms with Gasteiger partial charge in [-0.2, -0.15) is 0 Å². The van der Waals surface area contributed by atoms with Crippen LogP contribution in [0.5, 0.6) is 0 Å². The minimum atomic E-state index is -3.36. The van der Waals surface area contributed by atoms with Crippen molar-refractivity contribution in [3.05, 3.63) is 76.2 Å². The average molecular weight is 481 g/mol. The zero-order chi connectivity index (χ0) is 21.5. The van der Waals surface area contributed by atoms with E-state index in [0.717, 1.165) is 6.26 Å². The number of hydrogen-bond acceptors (Lipinski definition) is 6. The maximum absolute atomic E-state index is 13.3. The zero-order valence-corrected chi connectivity index (χ0v) is 18.6. The summed E-state index contributed by atoms with van der Waals surface area (Å²) in [7, 11) is -3.36. The molecule has 0 aliphatic carbocycles. The van der Waals surface area contributed by atoms with E-state index in [2.05, 4.69) is 4.98 Å². The first-order valence-electron chi connectivity index (χ1n) is 8.62. The number of anilines is 1. The Morgan fingerprint density at radius 3 is 2.63 bits per heavy atom. The van der Waals surface area contributed by atoms with Gasteiger partial charge in [-0.3, -0.25) is 9.69 Å². The number of amides is 1. The third kappa shape index (κ3) is 4.22. The van der Waals surface area contributed by atoms with Crippen molar-refractivity contribution in [3.63, 3.8) is 0 Å². The van der Waals surface area contributed by atoms with Gasteiger partial charge in [0.15, 0.2) is 15.0 Å². The number of aromatic nitrogens is 1. The highest BCUT2D eigenvalue weighted by Crippen LogP contribution is 2.33. The van der Waals surface area contributed by atoms with E-state index in [9.17, 15) is 13.2 Å². The first-order valence-corrected chi connectivity index (χ1v) is 12.1. The number of furan rings is 1. The minimum absolute atomic E-state index is 0.129. The van der Waals surface area contributed by atoms with Crippen molar-refractivity contribution in [2.24, 2.45) is 0 Å². The minimum Gasteiger partial charge on any atom is -0.467 e. The summed E-state index contributed by atoms with van der Waals surface area (Å²) in [5, 5.41) is 1.03. The van der Waals surface area contributed by atoms with E-state index in [-0.39, 0.29) is 27.9 Å². The second-order valence-electron chi connectivity index (χ2n) is 6.49. The number of thiazole rings is 1. The summed E-state index contributed by atoms with van der Waals surface area (Å²) in [4.78, 5) is 19.5. The van der Waals surface area contributed by atoms with E-state index in [1.165, 1.54) is 34.6 Å². The number of fused-ring (bicyclic) bond motifs is 1. The molecule has 1 amide bonds. The topological polar surface area (TPSA) is 80.5 Å². The molecule has 0 unspecified atom stereocenters. The van der Waals surface area contributed by atoms with Crippen molar-refractivity contribution < 1.29 is 17.6 Å². The zero-order valence-electron chi connectivity index (χ0n) is 15.5. The van der Waals surface area contributed by atoms with Crippen molar-refractivity contribution in [2.45, 2.75) is 11.4 Å². The highest BCUT2D eigenvalue weighted by Gasteiger charge is 2.25. The Morgan fingerprint density at radius 2 is 1.97 bits per heavy atom. The summed E-state index contributed by atoms with van der Waals surface area (Å²) in [5.41, 5.74) is 0.852. The van der Waals surface area contributed by atoms with Crippen LogP contribution in [0.15, 0.2) is 64.1 Å². The van der Waals surface area contributed by atoms with Crippen LogP contribution < -0.4 is 4.90 Å². The molecule has 0 bridgehead atoms. The molecule has 2 aromatic heterocycles. The smallest absolute Gasteiger partial charge is 0.262 e. The maximum Gasteiger partial charge on any atom is 0.262 e. The SMILES string of the molecule is CS(=O)(=O)c1ccc2nc(N(Cc3ccco3)C(=O)c3ccc(Cl)cc3Cl)sc2c1. The lowest BCUT2D eigenvalue weighted by Crippen LogP contribution is -2.30. The molecule has 0 radical (unpaired) electrons. The van der Waals surface area contributed by atoms with Crippen LogP contribution >= 0.6 is 34.5 Å². The third-order valence-electron chi connectivity index (χ3n) is 4.31. The quantitative estimate of drug-likeness (QED) is 0.379. The van der Waals surface area contributed by atoms with Crippen molar-refractivity contribution in [1.82, 2.24) is 4.98 Å². The molecule has 0 aliphatic rings. The molecule has 30 heavy (non-hydrogen) atoms. The number of carbonyl (C=O) groups excluding carboxylic acids is 1. The van der Waals surface area contributed by atoms with Gasteiger partial charge in [0, 0.05) is 11.3 Å². The van der Waals surface area contributed by atoms with Crippen LogP contribution in [0.3, 0.4) is 0 Å². The van der Waals surface area contributed by atoms with Crippen LogP contribution in [0.1, 0.15) is 16.1 Å². The summed E-state index contributed by atoms with van der Waals surface area (Å²) in [6.07, 6.45) is 2.66. The highest BCUT2D eigenvalue weighted by atomic mass is 35.5. The predicted octanol–water partition coefficient (Wildman–Crippen LogP) is 5.45. The summed E-state index contributed by atoms with van der Waals surface area (Å²) >= 11 is 13.4. The van der Waals surface area contributed by atoms with Crippen LogP contribution in [0.4, 0.5) is 5.13 Å². The number of sulfone groups is 1. The van der Waals surface area contributed by atoms with Gasteiger partial charge >= 0.3 is 0 Å². The standard InChI is InChI=1S/C20H14Cl2N2O4S2/c1-30(26,27)14-5-7-17-18(10-14)29-20(23-17)24(11-13-3-2-8-28-13)19(25)15-6-4-12(21)9-16(15)22/h2-10H,11H2,1H3. The van der Waals surface area contributed by atoms with E-state index in [4.69, 9.17) is 27.6 Å². The monoisotopic (exact) mass is 480 g/mol. The lowest BCUT2D eigenvalue weighted by Gasteiger charge is -2.19. The predicted molar refractivity (Wildman–Crippen MR) is 118 cm³/mol. The number of rotatable bonds is 5. The second kappa shape index (κ2) is 8.03. The van der Waals surface area contributed by atoms with Crippen molar-refractivity contribution >= 4 is 65.6 Å². The first-order chi connectivity index (χ1) is 14.2. The van der Waals surface area contributed by atoms with Crippen LogP contribution in [-0.4, -0.2) is 25.6 Å². The molecule has 0 spiro atoms. The summed E-state index contributed by atoms with van der Waals surface area (Å²) in [5.74, 6) is 0.181. The fourth-order valence-electron chi connectivity index (χ4n) is 2.83. The lowest BCUT2D eigenvalue weighted by molar-refractivity contribution is 0.0983. The molecule has 4 rings (SSSR count). The molecule has 154 valence electrons. The Morgan fingerprint density at radius 1 is 1.17 bits per heavy atom. The molecule has 0 saturated heterocycles.